The zero-order valence-electron chi connectivity index (χ0n) is 13.5. The summed E-state index contributed by atoms with van der Waals surface area (Å²) < 4.78 is 18.0. The van der Waals surface area contributed by atoms with Gasteiger partial charge in [0.2, 0.25) is 0 Å². The van der Waals surface area contributed by atoms with Crippen molar-refractivity contribution >= 4 is 17.1 Å². The number of nitrogens with one attached hydrogen (secondary N) is 1. The Labute approximate surface area is 139 Å². The molecule has 0 spiro atoms. The van der Waals surface area contributed by atoms with Gasteiger partial charge in [-0.2, -0.15) is 0 Å². The molecule has 1 N–H and O–H groups in total. The van der Waals surface area contributed by atoms with Crippen molar-refractivity contribution in [2.45, 2.75) is 0 Å². The van der Waals surface area contributed by atoms with Crippen molar-refractivity contribution in [1.82, 2.24) is 0 Å². The number of rotatable bonds is 6. The quantitative estimate of drug-likeness (QED) is 0.623. The van der Waals surface area contributed by atoms with Crippen molar-refractivity contribution in [1.29, 1.82) is 0 Å². The van der Waals surface area contributed by atoms with E-state index >= 15 is 0 Å². The minimum Gasteiger partial charge on any atom is -0.383 e. The molecule has 0 unspecified atom stereocenters. The van der Waals surface area contributed by atoms with Crippen LogP contribution in [0.25, 0.3) is 0 Å². The van der Waals surface area contributed by atoms with Gasteiger partial charge in [0, 0.05) is 45.5 Å². The molecule has 0 radical (unpaired) electrons. The molecule has 24 heavy (non-hydrogen) atoms. The van der Waals surface area contributed by atoms with Crippen molar-refractivity contribution < 1.29 is 9.13 Å². The first kappa shape index (κ1) is 16.4. The fourth-order valence-corrected chi connectivity index (χ4v) is 2.96. The van der Waals surface area contributed by atoms with Gasteiger partial charge < -0.3 is 19.9 Å². The highest BCUT2D eigenvalue weighted by Gasteiger charge is 2.28. The number of methoxy groups -OCH3 is 1. The molecule has 1 aliphatic heterocycles. The highest BCUT2D eigenvalue weighted by atomic mass is 19.1. The van der Waals surface area contributed by atoms with Gasteiger partial charge in [-0.3, -0.25) is 9.59 Å². The summed E-state index contributed by atoms with van der Waals surface area (Å²) in [7, 11) is 1.58. The molecule has 1 fully saturated rings. The molecule has 0 amide bonds. The molecule has 6 nitrogen and oxygen atoms in total. The summed E-state index contributed by atoms with van der Waals surface area (Å²) in [5.74, 6) is -0.257. The molecule has 0 aliphatic carbocycles. The van der Waals surface area contributed by atoms with Crippen molar-refractivity contribution in [2.75, 3.05) is 61.6 Å². The van der Waals surface area contributed by atoms with E-state index in [1.165, 1.54) is 12.1 Å². The van der Waals surface area contributed by atoms with Crippen molar-refractivity contribution in [2.24, 2.45) is 0 Å². The first-order chi connectivity index (χ1) is 11.6. The van der Waals surface area contributed by atoms with E-state index in [9.17, 15) is 14.0 Å². The van der Waals surface area contributed by atoms with Crippen molar-refractivity contribution in [3.8, 4) is 0 Å². The monoisotopic (exact) mass is 333 g/mol. The van der Waals surface area contributed by atoms with Gasteiger partial charge in [-0.15, -0.1) is 0 Å². The van der Waals surface area contributed by atoms with Crippen LogP contribution in [0.4, 0.5) is 21.5 Å². The zero-order valence-corrected chi connectivity index (χ0v) is 13.5. The summed E-state index contributed by atoms with van der Waals surface area (Å²) in [6, 6.07) is 6.38. The topological polar surface area (TPSA) is 61.9 Å². The number of nitrogens with zero attached hydrogens (tertiary/aromatic N) is 2. The van der Waals surface area contributed by atoms with Crippen LogP contribution >= 0.6 is 0 Å². The third-order valence-corrected chi connectivity index (χ3v) is 4.28. The Morgan fingerprint density at radius 2 is 1.67 bits per heavy atom. The van der Waals surface area contributed by atoms with E-state index in [0.717, 1.165) is 5.69 Å². The summed E-state index contributed by atoms with van der Waals surface area (Å²) in [5, 5.41) is 2.98. The normalized spacial score (nSPS) is 15.1. The van der Waals surface area contributed by atoms with Crippen molar-refractivity contribution in [3.05, 3.63) is 50.5 Å². The highest BCUT2D eigenvalue weighted by Crippen LogP contribution is 2.23. The summed E-state index contributed by atoms with van der Waals surface area (Å²) in [6.07, 6.45) is 0. The van der Waals surface area contributed by atoms with Crippen LogP contribution in [0.15, 0.2) is 33.9 Å². The Morgan fingerprint density at radius 1 is 1.04 bits per heavy atom. The molecule has 7 heteroatoms. The van der Waals surface area contributed by atoms with E-state index in [4.69, 9.17) is 4.74 Å². The van der Waals surface area contributed by atoms with Gasteiger partial charge in [0.05, 0.1) is 6.61 Å². The summed E-state index contributed by atoms with van der Waals surface area (Å²) >= 11 is 0. The van der Waals surface area contributed by atoms with Crippen molar-refractivity contribution in [3.63, 3.8) is 0 Å². The molecule has 1 saturated heterocycles. The lowest BCUT2D eigenvalue weighted by atomic mass is 10.1. The average Bonchev–Trinajstić information content (AvgIpc) is 2.62. The SMILES string of the molecule is COCCNc1c(N2CCN(c3ccc(F)cc3)CC2)c(=O)c1=O. The van der Waals surface area contributed by atoms with Gasteiger partial charge in [0.15, 0.2) is 0 Å². The van der Waals surface area contributed by atoms with Gasteiger partial charge in [0.1, 0.15) is 17.2 Å². The summed E-state index contributed by atoms with van der Waals surface area (Å²) in [6.45, 7) is 3.66. The van der Waals surface area contributed by atoms with E-state index in [0.29, 0.717) is 50.7 Å². The Bertz CT molecular complexity index is 760. The molecule has 1 heterocycles. The molecule has 1 aliphatic rings. The van der Waals surface area contributed by atoms with Crippen LogP contribution < -0.4 is 26.0 Å². The maximum absolute atomic E-state index is 13.0. The number of hydrogen-bond acceptors (Lipinski definition) is 6. The van der Waals surface area contributed by atoms with E-state index < -0.39 is 10.9 Å². The lowest BCUT2D eigenvalue weighted by Crippen LogP contribution is -2.51. The standard InChI is InChI=1S/C17H20FN3O3/c1-24-11-6-19-14-15(17(23)16(14)22)21-9-7-20(8-10-21)13-4-2-12(18)3-5-13/h2-5,19H,6-11H2,1H3. The molecule has 128 valence electrons. The lowest BCUT2D eigenvalue weighted by Gasteiger charge is -2.38. The maximum atomic E-state index is 13.0. The molecule has 3 rings (SSSR count). The van der Waals surface area contributed by atoms with Gasteiger partial charge in [-0.25, -0.2) is 4.39 Å². The summed E-state index contributed by atoms with van der Waals surface area (Å²) in [5.41, 5.74) is 0.953. The second kappa shape index (κ2) is 7.00. The molecular formula is C17H20FN3O3. The number of halogens is 1. The minimum absolute atomic E-state index is 0.257. The first-order valence-electron chi connectivity index (χ1n) is 7.93. The third-order valence-electron chi connectivity index (χ3n) is 4.28. The number of benzene rings is 1. The molecule has 2 aromatic carbocycles. The van der Waals surface area contributed by atoms with Crippen LogP contribution in [-0.2, 0) is 4.74 Å². The number of hydrogen-bond donors (Lipinski definition) is 1. The second-order valence-electron chi connectivity index (χ2n) is 5.75. The summed E-state index contributed by atoms with van der Waals surface area (Å²) in [4.78, 5) is 27.7. The number of piperazine rings is 1. The minimum atomic E-state index is -0.456. The molecule has 0 bridgehead atoms. The second-order valence-corrected chi connectivity index (χ2v) is 5.75. The Morgan fingerprint density at radius 3 is 2.29 bits per heavy atom. The van der Waals surface area contributed by atoms with E-state index in [2.05, 4.69) is 10.2 Å². The van der Waals surface area contributed by atoms with E-state index in [1.807, 2.05) is 4.90 Å². The van der Waals surface area contributed by atoms with Gasteiger partial charge in [-0.1, -0.05) is 0 Å². The molecule has 2 aromatic rings. The third kappa shape index (κ3) is 3.12. The predicted octanol–water partition coefficient (Wildman–Crippen LogP) is 0.807. The molecular weight excluding hydrogens is 313 g/mol. The van der Waals surface area contributed by atoms with Gasteiger partial charge in [0.25, 0.3) is 10.9 Å². The molecule has 0 saturated carbocycles. The predicted molar refractivity (Wildman–Crippen MR) is 92.5 cm³/mol. The highest BCUT2D eigenvalue weighted by molar-refractivity contribution is 5.75. The molecule has 0 aromatic heterocycles. The fourth-order valence-electron chi connectivity index (χ4n) is 2.96. The smallest absolute Gasteiger partial charge is 0.253 e. The largest absolute Gasteiger partial charge is 0.383 e. The van der Waals surface area contributed by atoms with Crippen LogP contribution in [0, 0.1) is 5.82 Å². The van der Waals surface area contributed by atoms with Crippen LogP contribution in [-0.4, -0.2) is 46.4 Å². The maximum Gasteiger partial charge on any atom is 0.253 e. The van der Waals surface area contributed by atoms with E-state index in [-0.39, 0.29) is 5.82 Å². The van der Waals surface area contributed by atoms with E-state index in [1.54, 1.807) is 19.2 Å². The average molecular weight is 333 g/mol. The van der Waals surface area contributed by atoms with Crippen LogP contribution in [0.1, 0.15) is 0 Å². The number of anilines is 3. The molecule has 0 atom stereocenters. The fraction of sp³-hybridized carbons (Fsp3) is 0.412. The zero-order chi connectivity index (χ0) is 17.1. The lowest BCUT2D eigenvalue weighted by molar-refractivity contribution is 0.210. The van der Waals surface area contributed by atoms with Crippen LogP contribution in [0.2, 0.25) is 0 Å². The Balaban J connectivity index is 1.65. The Kier molecular flexibility index (Phi) is 4.80. The first-order valence-corrected chi connectivity index (χ1v) is 7.93. The number of ether oxygens (including phenoxy) is 1. The van der Waals surface area contributed by atoms with Crippen LogP contribution in [0.3, 0.4) is 0 Å². The Hall–Kier alpha value is -2.41. The van der Waals surface area contributed by atoms with Gasteiger partial charge >= 0.3 is 0 Å². The van der Waals surface area contributed by atoms with Gasteiger partial charge in [-0.05, 0) is 24.3 Å². The van der Waals surface area contributed by atoms with Crippen LogP contribution in [0.5, 0.6) is 0 Å².